The molecule has 2 aromatic carbocycles. The zero-order valence-electron chi connectivity index (χ0n) is 23.7. The number of aryl methyl sites for hydroxylation is 1. The molecule has 0 bridgehead atoms. The summed E-state index contributed by atoms with van der Waals surface area (Å²) >= 11 is 15.4. The Balaban J connectivity index is 0.000000616. The molecule has 4 rings (SSSR count). The second kappa shape index (κ2) is 15.5. The van der Waals surface area contributed by atoms with Crippen LogP contribution in [0.1, 0.15) is 38.6 Å². The summed E-state index contributed by atoms with van der Waals surface area (Å²) in [5, 5.41) is 2.75. The van der Waals surface area contributed by atoms with Crippen LogP contribution >= 0.6 is 46.3 Å². The summed E-state index contributed by atoms with van der Waals surface area (Å²) in [5.74, 6) is -0.733. The number of thioether (sulfide) groups is 1. The molecular weight excluding hydrogens is 661 g/mol. The Labute approximate surface area is 266 Å². The normalized spacial score (nSPS) is 14.5. The smallest absolute Gasteiger partial charge is 0.265 e. The third-order valence-corrected chi connectivity index (χ3v) is 10.8. The van der Waals surface area contributed by atoms with E-state index >= 15 is 0 Å². The molecule has 0 saturated heterocycles. The summed E-state index contributed by atoms with van der Waals surface area (Å²) in [6.07, 6.45) is 2.37. The number of benzene rings is 2. The van der Waals surface area contributed by atoms with E-state index in [9.17, 15) is 16.8 Å². The third-order valence-electron chi connectivity index (χ3n) is 6.54. The van der Waals surface area contributed by atoms with Crippen LogP contribution in [-0.4, -0.2) is 68.5 Å². The average Bonchev–Trinajstić information content (AvgIpc) is 3.41. The van der Waals surface area contributed by atoms with Gasteiger partial charge in [-0.3, -0.25) is 9.11 Å². The number of nitrogens with zero attached hydrogens (tertiary/aromatic N) is 3. The van der Waals surface area contributed by atoms with Crippen LogP contribution in [0.2, 0.25) is 10.0 Å². The average molecular weight is 698 g/mol. The van der Waals surface area contributed by atoms with Crippen LogP contribution in [0.5, 0.6) is 0 Å². The zero-order chi connectivity index (χ0) is 31.1. The van der Waals surface area contributed by atoms with Crippen molar-refractivity contribution in [1.29, 1.82) is 0 Å². The van der Waals surface area contributed by atoms with Gasteiger partial charge < -0.3 is 9.80 Å². The fraction of sp³-hybridized carbons (Fsp3) is 0.444. The second-order valence-corrected chi connectivity index (χ2v) is 15.6. The van der Waals surface area contributed by atoms with Gasteiger partial charge in [0.25, 0.3) is 25.2 Å². The van der Waals surface area contributed by atoms with Gasteiger partial charge in [0.15, 0.2) is 6.54 Å². The van der Waals surface area contributed by atoms with Crippen LogP contribution < -0.4 is 9.47 Å². The molecule has 0 aliphatic carbocycles. The number of hydrogen-bond acceptors (Lipinski definition) is 8. The number of fused-ring (bicyclic) bond motifs is 2. The van der Waals surface area contributed by atoms with Crippen molar-refractivity contribution in [3.63, 3.8) is 0 Å². The summed E-state index contributed by atoms with van der Waals surface area (Å²) in [6, 6.07) is 11.0. The van der Waals surface area contributed by atoms with Crippen LogP contribution in [0.15, 0.2) is 46.3 Å². The zero-order valence-corrected chi connectivity index (χ0v) is 28.4. The molecule has 0 spiro atoms. The van der Waals surface area contributed by atoms with Gasteiger partial charge >= 0.3 is 0 Å². The first-order chi connectivity index (χ1) is 19.7. The SMILES string of the molecule is CCN(CC)CC.O=S(=O)(O)CCCN1/C(=C/c2sc3ccc(Cl)cc3[n+]2CCCS(=O)(=O)O)Sc2ccc(Cl)cc21. The van der Waals surface area contributed by atoms with Crippen molar-refractivity contribution in [3.05, 3.63) is 56.5 Å². The van der Waals surface area contributed by atoms with Crippen LogP contribution in [0.4, 0.5) is 5.69 Å². The van der Waals surface area contributed by atoms with E-state index in [1.54, 1.807) is 12.1 Å². The molecule has 2 heterocycles. The number of halogens is 2. The maximum absolute atomic E-state index is 11.2. The minimum Gasteiger partial charge on any atom is -0.335 e. The molecule has 15 heteroatoms. The minimum atomic E-state index is -4.09. The molecule has 1 aromatic heterocycles. The van der Waals surface area contributed by atoms with Crippen LogP contribution in [0.3, 0.4) is 0 Å². The van der Waals surface area contributed by atoms with Gasteiger partial charge in [-0.1, -0.05) is 67.1 Å². The molecule has 42 heavy (non-hydrogen) atoms. The standard InChI is InChI=1S/C21H20Cl2N2O6S4.C6H15N/c22-14-3-5-18-16(11-14)24(7-1-9-34(26,27)28)20(32-18)13-21-25(8-2-10-35(29,30)31)17-12-15(23)4-6-19(17)33-21;1-4-7(5-2)6-3/h3-6,11-13H,1-2,7-10H2,(H-,26,27,28,29,30,31);4-6H2,1-3H3/p+1. The third kappa shape index (κ3) is 10.3. The van der Waals surface area contributed by atoms with Gasteiger partial charge in [-0.25, -0.2) is 0 Å². The first-order valence-electron chi connectivity index (χ1n) is 13.5. The summed E-state index contributed by atoms with van der Waals surface area (Å²) in [7, 11) is -8.18. The highest BCUT2D eigenvalue weighted by molar-refractivity contribution is 8.04. The lowest BCUT2D eigenvalue weighted by Gasteiger charge is -2.20. The van der Waals surface area contributed by atoms with Gasteiger partial charge in [0, 0.05) is 34.0 Å². The highest BCUT2D eigenvalue weighted by Crippen LogP contribution is 2.48. The molecule has 0 radical (unpaired) electrons. The first kappa shape index (κ1) is 35.1. The summed E-state index contributed by atoms with van der Waals surface area (Å²) in [6.45, 7) is 10.8. The van der Waals surface area contributed by atoms with Gasteiger partial charge in [0.2, 0.25) is 5.52 Å². The quantitative estimate of drug-likeness (QED) is 0.166. The predicted molar refractivity (Wildman–Crippen MR) is 175 cm³/mol. The Morgan fingerprint density at radius 2 is 1.50 bits per heavy atom. The Hall–Kier alpha value is -1.42. The molecule has 0 saturated carbocycles. The molecule has 0 amide bonds. The van der Waals surface area contributed by atoms with Crippen LogP contribution in [-0.2, 0) is 26.8 Å². The Kier molecular flexibility index (Phi) is 13.0. The van der Waals surface area contributed by atoms with Crippen LogP contribution in [0.25, 0.3) is 16.3 Å². The number of anilines is 1. The maximum Gasteiger partial charge on any atom is 0.265 e. The van der Waals surface area contributed by atoms with E-state index in [2.05, 4.69) is 25.7 Å². The molecule has 0 fully saturated rings. The van der Waals surface area contributed by atoms with Crippen molar-refractivity contribution >= 4 is 88.5 Å². The van der Waals surface area contributed by atoms with E-state index in [1.165, 1.54) is 42.7 Å². The highest BCUT2D eigenvalue weighted by atomic mass is 35.5. The van der Waals surface area contributed by atoms with Crippen molar-refractivity contribution in [2.75, 3.05) is 42.6 Å². The maximum atomic E-state index is 11.2. The lowest BCUT2D eigenvalue weighted by atomic mass is 10.2. The van der Waals surface area contributed by atoms with E-state index in [4.69, 9.17) is 32.3 Å². The fourth-order valence-corrected chi connectivity index (χ4v) is 8.02. The van der Waals surface area contributed by atoms with E-state index < -0.39 is 20.2 Å². The van der Waals surface area contributed by atoms with E-state index in [0.29, 0.717) is 23.1 Å². The van der Waals surface area contributed by atoms with Gasteiger partial charge in [0.1, 0.15) is 4.70 Å². The van der Waals surface area contributed by atoms with Crippen molar-refractivity contribution in [1.82, 2.24) is 4.90 Å². The molecule has 0 unspecified atom stereocenters. The molecule has 9 nitrogen and oxygen atoms in total. The number of rotatable bonds is 12. The first-order valence-corrected chi connectivity index (χ1v) is 19.1. The molecule has 3 aromatic rings. The number of hydrogen-bond donors (Lipinski definition) is 2. The number of aromatic nitrogens is 1. The predicted octanol–water partition coefficient (Wildman–Crippen LogP) is 6.31. The summed E-state index contributed by atoms with van der Waals surface area (Å²) in [4.78, 5) is 5.28. The summed E-state index contributed by atoms with van der Waals surface area (Å²) < 4.78 is 66.2. The lowest BCUT2D eigenvalue weighted by Crippen LogP contribution is -2.36. The summed E-state index contributed by atoms with van der Waals surface area (Å²) in [5.41, 5.74) is 1.68. The number of thiazole rings is 1. The molecule has 0 atom stereocenters. The van der Waals surface area contributed by atoms with Crippen molar-refractivity contribution in [3.8, 4) is 0 Å². The van der Waals surface area contributed by atoms with Crippen molar-refractivity contribution < 1.29 is 30.5 Å². The fourth-order valence-electron chi connectivity index (χ4n) is 4.41. The topological polar surface area (TPSA) is 119 Å². The van der Waals surface area contributed by atoms with E-state index in [1.807, 2.05) is 39.8 Å². The van der Waals surface area contributed by atoms with Crippen molar-refractivity contribution in [2.24, 2.45) is 0 Å². The Morgan fingerprint density at radius 3 is 2.10 bits per heavy atom. The second-order valence-electron chi connectivity index (χ2n) is 9.45. The minimum absolute atomic E-state index is 0.207. The largest absolute Gasteiger partial charge is 0.335 e. The monoisotopic (exact) mass is 696 g/mol. The van der Waals surface area contributed by atoms with E-state index in [-0.39, 0.29) is 24.3 Å². The molecule has 1 aliphatic rings. The molecule has 232 valence electrons. The Morgan fingerprint density at radius 1 is 0.905 bits per heavy atom. The van der Waals surface area contributed by atoms with Gasteiger partial charge in [-0.2, -0.15) is 21.4 Å². The molecule has 1 aliphatic heterocycles. The molecular formula is C27H36Cl2N3O6S4+. The van der Waals surface area contributed by atoms with Gasteiger partial charge in [-0.15, -0.1) is 0 Å². The van der Waals surface area contributed by atoms with Gasteiger partial charge in [-0.05, 0) is 56.4 Å². The van der Waals surface area contributed by atoms with Crippen molar-refractivity contribution in [2.45, 2.75) is 45.1 Å². The van der Waals surface area contributed by atoms with Crippen LogP contribution in [0, 0.1) is 0 Å². The highest BCUT2D eigenvalue weighted by Gasteiger charge is 2.28. The Bertz CT molecular complexity index is 1620. The van der Waals surface area contributed by atoms with E-state index in [0.717, 1.165) is 30.8 Å². The lowest BCUT2D eigenvalue weighted by molar-refractivity contribution is -0.668. The van der Waals surface area contributed by atoms with Gasteiger partial charge in [0.05, 0.1) is 28.3 Å². The molecule has 2 N–H and O–H groups in total.